The minimum Gasteiger partial charge on any atom is -0.444 e. The fourth-order valence-electron chi connectivity index (χ4n) is 3.75. The highest BCUT2D eigenvalue weighted by atomic mass is 16.6. The number of nitrogens with one attached hydrogen (secondary N) is 2. The average molecular weight is 307 g/mol. The SMILES string of the molecule is Cc1cc(C2(CNC(=O)OC(C)(C)C)C3CCNCC32)no1. The van der Waals surface area contributed by atoms with Crippen molar-refractivity contribution in [3.8, 4) is 0 Å². The van der Waals surface area contributed by atoms with E-state index in [1.54, 1.807) is 0 Å². The van der Waals surface area contributed by atoms with Gasteiger partial charge in [0.05, 0.1) is 5.69 Å². The van der Waals surface area contributed by atoms with Gasteiger partial charge in [-0.1, -0.05) is 5.16 Å². The molecule has 0 radical (unpaired) electrons. The van der Waals surface area contributed by atoms with E-state index in [0.29, 0.717) is 18.4 Å². The summed E-state index contributed by atoms with van der Waals surface area (Å²) in [5.74, 6) is 1.86. The number of amides is 1. The molecule has 6 nitrogen and oxygen atoms in total. The molecule has 2 heterocycles. The fourth-order valence-corrected chi connectivity index (χ4v) is 3.75. The first-order valence-corrected chi connectivity index (χ1v) is 7.94. The number of rotatable bonds is 3. The maximum Gasteiger partial charge on any atom is 0.407 e. The Morgan fingerprint density at radius 3 is 2.86 bits per heavy atom. The van der Waals surface area contributed by atoms with Gasteiger partial charge in [-0.25, -0.2) is 4.79 Å². The molecular weight excluding hydrogens is 282 g/mol. The predicted molar refractivity (Wildman–Crippen MR) is 81.6 cm³/mol. The molecule has 3 atom stereocenters. The Morgan fingerprint density at radius 2 is 2.32 bits per heavy atom. The van der Waals surface area contributed by atoms with Gasteiger partial charge in [-0.15, -0.1) is 0 Å². The predicted octanol–water partition coefficient (Wildman–Crippen LogP) is 1.98. The number of carbonyl (C=O) groups is 1. The first-order valence-electron chi connectivity index (χ1n) is 7.94. The zero-order valence-corrected chi connectivity index (χ0v) is 13.7. The number of fused-ring (bicyclic) bond motifs is 1. The van der Waals surface area contributed by atoms with Crippen molar-refractivity contribution in [1.29, 1.82) is 0 Å². The van der Waals surface area contributed by atoms with Crippen molar-refractivity contribution in [2.24, 2.45) is 11.8 Å². The minimum atomic E-state index is -0.487. The number of ether oxygens (including phenoxy) is 1. The summed E-state index contributed by atoms with van der Waals surface area (Å²) in [5.41, 5.74) is 0.359. The highest BCUT2D eigenvalue weighted by Gasteiger charge is 2.66. The van der Waals surface area contributed by atoms with Crippen LogP contribution in [0.1, 0.15) is 38.6 Å². The van der Waals surface area contributed by atoms with Crippen LogP contribution in [-0.4, -0.2) is 36.5 Å². The normalized spacial score (nSPS) is 30.5. The van der Waals surface area contributed by atoms with E-state index in [1.807, 2.05) is 33.8 Å². The molecule has 3 rings (SSSR count). The number of aromatic nitrogens is 1. The topological polar surface area (TPSA) is 76.4 Å². The van der Waals surface area contributed by atoms with Crippen molar-refractivity contribution in [3.63, 3.8) is 0 Å². The lowest BCUT2D eigenvalue weighted by Gasteiger charge is -2.22. The lowest BCUT2D eigenvalue weighted by atomic mass is 9.96. The third-order valence-electron chi connectivity index (χ3n) is 4.73. The van der Waals surface area contributed by atoms with Gasteiger partial charge in [0, 0.05) is 18.0 Å². The standard InChI is InChI=1S/C16H25N3O3/c1-10-7-13(19-22-10)16(11-5-6-17-8-12(11)16)9-18-14(20)21-15(2,3)4/h7,11-12,17H,5-6,8-9H2,1-4H3,(H,18,20). The van der Waals surface area contributed by atoms with E-state index in [9.17, 15) is 4.79 Å². The first-order chi connectivity index (χ1) is 10.3. The van der Waals surface area contributed by atoms with Crippen molar-refractivity contribution in [2.75, 3.05) is 19.6 Å². The summed E-state index contributed by atoms with van der Waals surface area (Å²) in [4.78, 5) is 12.0. The van der Waals surface area contributed by atoms with Crippen LogP contribution in [-0.2, 0) is 10.2 Å². The lowest BCUT2D eigenvalue weighted by Crippen LogP contribution is -2.38. The van der Waals surface area contributed by atoms with Crippen LogP contribution in [0.25, 0.3) is 0 Å². The molecule has 0 aromatic carbocycles. The van der Waals surface area contributed by atoms with Crippen LogP contribution in [0, 0.1) is 18.8 Å². The molecule has 3 unspecified atom stereocenters. The molecule has 122 valence electrons. The first kappa shape index (κ1) is 15.3. The molecule has 6 heteroatoms. The van der Waals surface area contributed by atoms with E-state index in [-0.39, 0.29) is 11.5 Å². The Morgan fingerprint density at radius 1 is 1.55 bits per heavy atom. The van der Waals surface area contributed by atoms with E-state index in [1.165, 1.54) is 0 Å². The van der Waals surface area contributed by atoms with E-state index < -0.39 is 5.60 Å². The number of hydrogen-bond donors (Lipinski definition) is 2. The van der Waals surface area contributed by atoms with Crippen LogP contribution in [0.3, 0.4) is 0 Å². The van der Waals surface area contributed by atoms with E-state index in [2.05, 4.69) is 15.8 Å². The largest absolute Gasteiger partial charge is 0.444 e. The molecule has 1 aromatic rings. The number of alkyl carbamates (subject to hydrolysis) is 1. The summed E-state index contributed by atoms with van der Waals surface area (Å²) >= 11 is 0. The summed E-state index contributed by atoms with van der Waals surface area (Å²) < 4.78 is 10.6. The second-order valence-electron chi connectivity index (χ2n) is 7.42. The summed E-state index contributed by atoms with van der Waals surface area (Å²) in [6.45, 7) is 10.0. The second kappa shape index (κ2) is 5.26. The smallest absolute Gasteiger partial charge is 0.407 e. The molecule has 1 aliphatic carbocycles. The highest BCUT2D eigenvalue weighted by Crippen LogP contribution is 2.61. The van der Waals surface area contributed by atoms with Gasteiger partial charge in [0.15, 0.2) is 0 Å². The molecule has 2 aliphatic rings. The van der Waals surface area contributed by atoms with Gasteiger partial charge in [-0.3, -0.25) is 0 Å². The maximum absolute atomic E-state index is 12.0. The summed E-state index contributed by atoms with van der Waals surface area (Å²) in [6, 6.07) is 2.00. The third-order valence-corrected chi connectivity index (χ3v) is 4.73. The zero-order chi connectivity index (χ0) is 16.0. The molecule has 2 N–H and O–H groups in total. The van der Waals surface area contributed by atoms with Crippen LogP contribution >= 0.6 is 0 Å². The van der Waals surface area contributed by atoms with Gasteiger partial charge in [0.25, 0.3) is 0 Å². The Balaban J connectivity index is 1.73. The van der Waals surface area contributed by atoms with Crippen LogP contribution in [0.2, 0.25) is 0 Å². The van der Waals surface area contributed by atoms with Gasteiger partial charge < -0.3 is 19.9 Å². The highest BCUT2D eigenvalue weighted by molar-refractivity contribution is 5.68. The van der Waals surface area contributed by atoms with Crippen molar-refractivity contribution in [2.45, 2.75) is 45.1 Å². The summed E-state index contributed by atoms with van der Waals surface area (Å²) in [7, 11) is 0. The molecule has 1 saturated heterocycles. The van der Waals surface area contributed by atoms with Gasteiger partial charge in [0.2, 0.25) is 0 Å². The average Bonchev–Trinajstić information content (AvgIpc) is 2.88. The lowest BCUT2D eigenvalue weighted by molar-refractivity contribution is 0.0520. The fraction of sp³-hybridized carbons (Fsp3) is 0.750. The van der Waals surface area contributed by atoms with Gasteiger partial charge in [0.1, 0.15) is 11.4 Å². The minimum absolute atomic E-state index is 0.113. The van der Waals surface area contributed by atoms with Crippen molar-refractivity contribution in [1.82, 2.24) is 15.8 Å². The number of aryl methyl sites for hydroxylation is 1. The van der Waals surface area contributed by atoms with Crippen molar-refractivity contribution in [3.05, 3.63) is 17.5 Å². The molecular formula is C16H25N3O3. The molecule has 0 bridgehead atoms. The van der Waals surface area contributed by atoms with Gasteiger partial charge in [-0.05, 0) is 59.0 Å². The van der Waals surface area contributed by atoms with Crippen LogP contribution in [0.15, 0.2) is 10.6 Å². The summed E-state index contributed by atoms with van der Waals surface area (Å²) in [6.07, 6.45) is 0.732. The molecule has 0 spiro atoms. The number of hydrogen-bond acceptors (Lipinski definition) is 5. The Bertz CT molecular complexity index is 549. The maximum atomic E-state index is 12.0. The van der Waals surface area contributed by atoms with Crippen LogP contribution in [0.5, 0.6) is 0 Å². The molecule has 22 heavy (non-hydrogen) atoms. The van der Waals surface area contributed by atoms with E-state index in [0.717, 1.165) is 31.0 Å². The quantitative estimate of drug-likeness (QED) is 0.893. The van der Waals surface area contributed by atoms with Crippen molar-refractivity contribution >= 4 is 6.09 Å². The Kier molecular flexibility index (Phi) is 3.67. The van der Waals surface area contributed by atoms with Gasteiger partial charge in [-0.2, -0.15) is 0 Å². The molecule has 1 aromatic heterocycles. The third kappa shape index (κ3) is 2.72. The molecule has 1 aliphatic heterocycles. The van der Waals surface area contributed by atoms with E-state index in [4.69, 9.17) is 9.26 Å². The van der Waals surface area contributed by atoms with Crippen LogP contribution < -0.4 is 10.6 Å². The number of carbonyl (C=O) groups excluding carboxylic acids is 1. The number of piperidine rings is 1. The number of nitrogens with zero attached hydrogens (tertiary/aromatic N) is 1. The second-order valence-corrected chi connectivity index (χ2v) is 7.42. The monoisotopic (exact) mass is 307 g/mol. The zero-order valence-electron chi connectivity index (χ0n) is 13.7. The van der Waals surface area contributed by atoms with Gasteiger partial charge >= 0.3 is 6.09 Å². The Labute approximate surface area is 131 Å². The van der Waals surface area contributed by atoms with Crippen molar-refractivity contribution < 1.29 is 14.1 Å². The summed E-state index contributed by atoms with van der Waals surface area (Å²) in [5, 5.41) is 10.6. The van der Waals surface area contributed by atoms with E-state index >= 15 is 0 Å². The van der Waals surface area contributed by atoms with Crippen LogP contribution in [0.4, 0.5) is 4.79 Å². The molecule has 1 saturated carbocycles. The Hall–Kier alpha value is -1.56. The molecule has 2 fully saturated rings. The molecule has 1 amide bonds.